The lowest BCUT2D eigenvalue weighted by atomic mass is 10.1. The standard InChI is InChI=1S/C14H16ClFO4S/c1-20-13(17)7-14(4-5-14)9-21(18,19)8-10-6-11(16)2-3-12(10)15/h2-3,6H,4-5,7-9H2,1H3. The van der Waals surface area contributed by atoms with Crippen molar-refractivity contribution in [3.05, 3.63) is 34.6 Å². The number of carbonyl (C=O) groups excluding carboxylic acids is 1. The summed E-state index contributed by atoms with van der Waals surface area (Å²) in [4.78, 5) is 11.3. The molecule has 1 aliphatic rings. The van der Waals surface area contributed by atoms with Crippen molar-refractivity contribution in [3.8, 4) is 0 Å². The summed E-state index contributed by atoms with van der Waals surface area (Å²) in [6, 6.07) is 3.64. The third-order valence-electron chi connectivity index (χ3n) is 3.61. The molecular weight excluding hydrogens is 319 g/mol. The van der Waals surface area contributed by atoms with E-state index in [1.165, 1.54) is 19.2 Å². The van der Waals surface area contributed by atoms with E-state index in [2.05, 4.69) is 4.74 Å². The molecule has 0 atom stereocenters. The average Bonchev–Trinajstić information content (AvgIpc) is 3.11. The molecule has 0 amide bonds. The van der Waals surface area contributed by atoms with Crippen molar-refractivity contribution < 1.29 is 22.3 Å². The van der Waals surface area contributed by atoms with Gasteiger partial charge in [-0.25, -0.2) is 12.8 Å². The Kier molecular flexibility index (Phi) is 4.58. The van der Waals surface area contributed by atoms with Crippen LogP contribution in [0.5, 0.6) is 0 Å². The molecule has 1 aliphatic carbocycles. The van der Waals surface area contributed by atoms with Gasteiger partial charge in [-0.15, -0.1) is 0 Å². The maximum atomic E-state index is 13.2. The quantitative estimate of drug-likeness (QED) is 0.750. The van der Waals surface area contributed by atoms with Crippen LogP contribution in [-0.2, 0) is 25.1 Å². The van der Waals surface area contributed by atoms with Gasteiger partial charge in [-0.1, -0.05) is 11.6 Å². The Morgan fingerprint density at radius 3 is 2.67 bits per heavy atom. The third-order valence-corrected chi connectivity index (χ3v) is 5.79. The second kappa shape index (κ2) is 5.93. The molecule has 0 unspecified atom stereocenters. The number of methoxy groups -OCH3 is 1. The molecule has 1 aromatic rings. The highest BCUT2D eigenvalue weighted by molar-refractivity contribution is 7.90. The van der Waals surface area contributed by atoms with Crippen LogP contribution < -0.4 is 0 Å². The van der Waals surface area contributed by atoms with Gasteiger partial charge in [0.25, 0.3) is 0 Å². The fourth-order valence-electron chi connectivity index (χ4n) is 2.34. The molecule has 0 aliphatic heterocycles. The Morgan fingerprint density at radius 2 is 2.10 bits per heavy atom. The Labute approximate surface area is 128 Å². The van der Waals surface area contributed by atoms with Crippen molar-refractivity contribution >= 4 is 27.4 Å². The molecule has 7 heteroatoms. The summed E-state index contributed by atoms with van der Waals surface area (Å²) < 4.78 is 42.3. The minimum Gasteiger partial charge on any atom is -0.469 e. The van der Waals surface area contributed by atoms with Crippen LogP contribution in [-0.4, -0.2) is 27.2 Å². The van der Waals surface area contributed by atoms with Gasteiger partial charge in [0.2, 0.25) is 0 Å². The highest BCUT2D eigenvalue weighted by Gasteiger charge is 2.47. The molecule has 116 valence electrons. The zero-order chi connectivity index (χ0) is 15.7. The lowest BCUT2D eigenvalue weighted by molar-refractivity contribution is -0.141. The van der Waals surface area contributed by atoms with Gasteiger partial charge in [0.1, 0.15) is 5.82 Å². The Balaban J connectivity index is 2.09. The Bertz CT molecular complexity index is 653. The molecule has 0 heterocycles. The first-order valence-electron chi connectivity index (χ1n) is 6.46. The predicted molar refractivity (Wildman–Crippen MR) is 77.2 cm³/mol. The summed E-state index contributed by atoms with van der Waals surface area (Å²) in [5, 5.41) is 0.220. The SMILES string of the molecule is COC(=O)CC1(CS(=O)(=O)Cc2cc(F)ccc2Cl)CC1. The van der Waals surface area contributed by atoms with Crippen molar-refractivity contribution in [1.29, 1.82) is 0 Å². The number of carbonyl (C=O) groups is 1. The molecule has 0 aromatic heterocycles. The molecule has 1 fully saturated rings. The first kappa shape index (κ1) is 16.2. The fraction of sp³-hybridized carbons (Fsp3) is 0.500. The van der Waals surface area contributed by atoms with Crippen molar-refractivity contribution in [2.75, 3.05) is 12.9 Å². The number of rotatable bonds is 6. The van der Waals surface area contributed by atoms with E-state index in [1.807, 2.05) is 0 Å². The van der Waals surface area contributed by atoms with E-state index in [4.69, 9.17) is 11.6 Å². The van der Waals surface area contributed by atoms with Crippen LogP contribution >= 0.6 is 11.6 Å². The van der Waals surface area contributed by atoms with Crippen molar-refractivity contribution in [3.63, 3.8) is 0 Å². The Morgan fingerprint density at radius 1 is 1.43 bits per heavy atom. The molecule has 1 aromatic carbocycles. The minimum absolute atomic E-state index is 0.0968. The molecule has 0 saturated heterocycles. The number of halogens is 2. The van der Waals surface area contributed by atoms with Crippen molar-refractivity contribution in [1.82, 2.24) is 0 Å². The van der Waals surface area contributed by atoms with Gasteiger partial charge in [0.05, 0.1) is 25.0 Å². The molecule has 2 rings (SSSR count). The number of sulfone groups is 1. The number of benzene rings is 1. The number of hydrogen-bond acceptors (Lipinski definition) is 4. The van der Waals surface area contributed by atoms with E-state index < -0.39 is 27.0 Å². The largest absolute Gasteiger partial charge is 0.469 e. The van der Waals surface area contributed by atoms with Gasteiger partial charge in [-0.3, -0.25) is 4.79 Å². The van der Waals surface area contributed by atoms with E-state index in [1.54, 1.807) is 0 Å². The highest BCUT2D eigenvalue weighted by Crippen LogP contribution is 2.50. The van der Waals surface area contributed by atoms with Crippen molar-refractivity contribution in [2.24, 2.45) is 5.41 Å². The van der Waals surface area contributed by atoms with E-state index >= 15 is 0 Å². The van der Waals surface area contributed by atoms with Crippen LogP contribution in [0.3, 0.4) is 0 Å². The summed E-state index contributed by atoms with van der Waals surface area (Å²) in [5.41, 5.74) is -0.281. The monoisotopic (exact) mass is 334 g/mol. The summed E-state index contributed by atoms with van der Waals surface area (Å²) in [6.45, 7) is 0. The summed E-state index contributed by atoms with van der Waals surface area (Å²) >= 11 is 5.89. The van der Waals surface area contributed by atoms with Crippen LogP contribution in [0.4, 0.5) is 4.39 Å². The number of hydrogen-bond donors (Lipinski definition) is 0. The fourth-order valence-corrected chi connectivity index (χ4v) is 4.74. The average molecular weight is 335 g/mol. The van der Waals surface area contributed by atoms with Gasteiger partial charge in [0, 0.05) is 5.02 Å². The molecule has 0 N–H and O–H groups in total. The molecule has 4 nitrogen and oxygen atoms in total. The van der Waals surface area contributed by atoms with E-state index in [9.17, 15) is 17.6 Å². The first-order chi connectivity index (χ1) is 9.75. The molecular formula is C14H16ClFO4S. The number of esters is 1. The summed E-state index contributed by atoms with van der Waals surface area (Å²) in [7, 11) is -2.20. The van der Waals surface area contributed by atoms with E-state index in [0.717, 1.165) is 6.07 Å². The lowest BCUT2D eigenvalue weighted by Gasteiger charge is -2.14. The van der Waals surface area contributed by atoms with Gasteiger partial charge in [0.15, 0.2) is 9.84 Å². The van der Waals surface area contributed by atoms with Gasteiger partial charge >= 0.3 is 5.97 Å². The second-order valence-electron chi connectivity index (χ2n) is 5.52. The number of ether oxygens (including phenoxy) is 1. The predicted octanol–water partition coefficient (Wildman–Crippen LogP) is 2.74. The molecule has 0 spiro atoms. The van der Waals surface area contributed by atoms with Gasteiger partial charge in [-0.05, 0) is 42.0 Å². The summed E-state index contributed by atoms with van der Waals surface area (Å²) in [5.74, 6) is -1.37. The lowest BCUT2D eigenvalue weighted by Crippen LogP contribution is -2.22. The zero-order valence-corrected chi connectivity index (χ0v) is 13.1. The topological polar surface area (TPSA) is 60.4 Å². The van der Waals surface area contributed by atoms with Crippen LogP contribution in [0.1, 0.15) is 24.8 Å². The van der Waals surface area contributed by atoms with Crippen LogP contribution in [0.2, 0.25) is 5.02 Å². The van der Waals surface area contributed by atoms with Crippen LogP contribution in [0.15, 0.2) is 18.2 Å². The Hall–Kier alpha value is -1.14. The summed E-state index contributed by atoms with van der Waals surface area (Å²) in [6.07, 6.45) is 1.45. The maximum absolute atomic E-state index is 13.2. The van der Waals surface area contributed by atoms with E-state index in [0.29, 0.717) is 12.8 Å². The zero-order valence-electron chi connectivity index (χ0n) is 11.6. The maximum Gasteiger partial charge on any atom is 0.306 e. The minimum atomic E-state index is -3.48. The molecule has 0 bridgehead atoms. The molecule has 21 heavy (non-hydrogen) atoms. The van der Waals surface area contributed by atoms with Gasteiger partial charge in [-0.2, -0.15) is 0 Å². The third kappa shape index (κ3) is 4.41. The first-order valence-corrected chi connectivity index (χ1v) is 8.66. The van der Waals surface area contributed by atoms with Gasteiger partial charge < -0.3 is 4.74 Å². The van der Waals surface area contributed by atoms with Crippen LogP contribution in [0, 0.1) is 11.2 Å². The second-order valence-corrected chi connectivity index (χ2v) is 7.99. The smallest absolute Gasteiger partial charge is 0.306 e. The van der Waals surface area contributed by atoms with E-state index in [-0.39, 0.29) is 28.5 Å². The van der Waals surface area contributed by atoms with Crippen LogP contribution in [0.25, 0.3) is 0 Å². The normalized spacial score (nSPS) is 16.5. The molecule has 1 saturated carbocycles. The van der Waals surface area contributed by atoms with Crippen molar-refractivity contribution in [2.45, 2.75) is 25.0 Å². The molecule has 0 radical (unpaired) electrons. The highest BCUT2D eigenvalue weighted by atomic mass is 35.5.